The van der Waals surface area contributed by atoms with E-state index in [2.05, 4.69) is 0 Å². The first-order valence-corrected chi connectivity index (χ1v) is 11.9. The van der Waals surface area contributed by atoms with Crippen molar-refractivity contribution in [2.24, 2.45) is 17.8 Å². The number of Topliss-reactive ketones (excluding diaryl/α,β-unsaturated/α-hetero) is 1. The lowest BCUT2D eigenvalue weighted by Crippen LogP contribution is -2.36. The molecule has 35 heavy (non-hydrogen) atoms. The summed E-state index contributed by atoms with van der Waals surface area (Å²) >= 11 is 0. The standard InChI is InChI=1S/C28H31F2NO4/c1-27(2,3)35-26(34)19-14-28(20-12-18(29)10-11-22(20)30)15-21(28)25(19)23(32)13-24(33)31(4)16-17-8-6-5-7-9-17/h5-12,19,21,25H,13-16H2,1-4H3/t19?,21-,25?,28-/m0/s1. The minimum atomic E-state index is -0.810. The van der Waals surface area contributed by atoms with E-state index in [1.165, 1.54) is 4.90 Å². The number of fused-ring (bicyclic) bond motifs is 1. The third-order valence-corrected chi connectivity index (χ3v) is 7.14. The third-order valence-electron chi connectivity index (χ3n) is 7.14. The normalized spacial score (nSPS) is 25.0. The SMILES string of the molecule is CN(Cc1ccccc1)C(=O)CC(=O)C1C(C(=O)OC(C)(C)C)C[C@@]2(c3cc(F)ccc3F)C[C@@H]12. The Kier molecular flexibility index (Phi) is 6.56. The van der Waals surface area contributed by atoms with Gasteiger partial charge in [-0.15, -0.1) is 0 Å². The van der Waals surface area contributed by atoms with Crippen molar-refractivity contribution >= 4 is 17.7 Å². The van der Waals surface area contributed by atoms with E-state index in [4.69, 9.17) is 4.74 Å². The highest BCUT2D eigenvalue weighted by atomic mass is 19.1. The fourth-order valence-corrected chi connectivity index (χ4v) is 5.54. The quantitative estimate of drug-likeness (QED) is 0.419. The van der Waals surface area contributed by atoms with Gasteiger partial charge in [0.15, 0.2) is 0 Å². The molecular formula is C28H31F2NO4. The zero-order chi connectivity index (χ0) is 25.5. The van der Waals surface area contributed by atoms with Gasteiger partial charge in [0, 0.05) is 24.9 Å². The van der Waals surface area contributed by atoms with Gasteiger partial charge in [-0.3, -0.25) is 14.4 Å². The van der Waals surface area contributed by atoms with Crippen LogP contribution in [0.25, 0.3) is 0 Å². The van der Waals surface area contributed by atoms with E-state index >= 15 is 0 Å². The van der Waals surface area contributed by atoms with Crippen LogP contribution in [-0.4, -0.2) is 35.2 Å². The first kappa shape index (κ1) is 25.0. The molecule has 2 aromatic rings. The number of esters is 1. The number of hydrogen-bond donors (Lipinski definition) is 0. The number of ketones is 1. The van der Waals surface area contributed by atoms with Crippen molar-refractivity contribution in [1.29, 1.82) is 0 Å². The molecule has 0 radical (unpaired) electrons. The van der Waals surface area contributed by atoms with Crippen LogP contribution >= 0.6 is 0 Å². The van der Waals surface area contributed by atoms with Gasteiger partial charge in [-0.1, -0.05) is 30.3 Å². The summed E-state index contributed by atoms with van der Waals surface area (Å²) in [5.74, 6) is -4.28. The number of hydrogen-bond acceptors (Lipinski definition) is 4. The van der Waals surface area contributed by atoms with Gasteiger partial charge in [-0.2, -0.15) is 0 Å². The van der Waals surface area contributed by atoms with Gasteiger partial charge >= 0.3 is 5.97 Å². The van der Waals surface area contributed by atoms with Crippen molar-refractivity contribution in [3.05, 3.63) is 71.3 Å². The Hall–Kier alpha value is -3.09. The molecule has 4 rings (SSSR count). The van der Waals surface area contributed by atoms with Crippen LogP contribution in [0.5, 0.6) is 0 Å². The molecule has 2 fully saturated rings. The van der Waals surface area contributed by atoms with Crippen LogP contribution in [0.3, 0.4) is 0 Å². The summed E-state index contributed by atoms with van der Waals surface area (Å²) in [5.41, 5.74) is -0.432. The Morgan fingerprint density at radius 2 is 1.74 bits per heavy atom. The van der Waals surface area contributed by atoms with E-state index in [1.807, 2.05) is 30.3 Å². The summed E-state index contributed by atoms with van der Waals surface area (Å²) in [6, 6.07) is 12.7. The van der Waals surface area contributed by atoms with Crippen LogP contribution in [0.4, 0.5) is 8.78 Å². The van der Waals surface area contributed by atoms with Gasteiger partial charge in [-0.05, 0) is 68.9 Å². The molecule has 4 atom stereocenters. The molecule has 0 aromatic heterocycles. The molecule has 186 valence electrons. The second kappa shape index (κ2) is 9.17. The van der Waals surface area contributed by atoms with E-state index in [1.54, 1.807) is 27.8 Å². The molecular weight excluding hydrogens is 452 g/mol. The van der Waals surface area contributed by atoms with Gasteiger partial charge in [0.2, 0.25) is 5.91 Å². The van der Waals surface area contributed by atoms with E-state index in [9.17, 15) is 23.2 Å². The first-order chi connectivity index (χ1) is 16.4. The van der Waals surface area contributed by atoms with E-state index in [0.29, 0.717) is 13.0 Å². The molecule has 5 nitrogen and oxygen atoms in total. The highest BCUT2D eigenvalue weighted by Crippen LogP contribution is 2.69. The number of halogens is 2. The average molecular weight is 484 g/mol. The van der Waals surface area contributed by atoms with E-state index < -0.39 is 40.5 Å². The van der Waals surface area contributed by atoms with Crippen LogP contribution in [0, 0.1) is 29.4 Å². The van der Waals surface area contributed by atoms with Crippen molar-refractivity contribution < 1.29 is 27.9 Å². The minimum Gasteiger partial charge on any atom is -0.460 e. The zero-order valence-corrected chi connectivity index (χ0v) is 20.5. The predicted molar refractivity (Wildman–Crippen MR) is 126 cm³/mol. The van der Waals surface area contributed by atoms with Crippen LogP contribution in [0.2, 0.25) is 0 Å². The lowest BCUT2D eigenvalue weighted by molar-refractivity contribution is -0.163. The van der Waals surface area contributed by atoms with E-state index in [0.717, 1.165) is 23.8 Å². The summed E-state index contributed by atoms with van der Waals surface area (Å²) in [6.45, 7) is 5.57. The Morgan fingerprint density at radius 1 is 1.06 bits per heavy atom. The molecule has 0 heterocycles. The van der Waals surface area contributed by atoms with Crippen LogP contribution < -0.4 is 0 Å². The summed E-state index contributed by atoms with van der Waals surface area (Å²) in [4.78, 5) is 40.9. The summed E-state index contributed by atoms with van der Waals surface area (Å²) < 4.78 is 34.3. The second-order valence-electron chi connectivity index (χ2n) is 10.8. The Labute approximate surface area is 204 Å². The maximum atomic E-state index is 14.7. The Balaban J connectivity index is 1.56. The fourth-order valence-electron chi connectivity index (χ4n) is 5.54. The van der Waals surface area contributed by atoms with Crippen molar-refractivity contribution in [1.82, 2.24) is 4.90 Å². The van der Waals surface area contributed by atoms with Crippen molar-refractivity contribution in [2.75, 3.05) is 7.05 Å². The average Bonchev–Trinajstić information content (AvgIpc) is 3.39. The third kappa shape index (κ3) is 5.14. The van der Waals surface area contributed by atoms with Gasteiger partial charge in [0.25, 0.3) is 0 Å². The van der Waals surface area contributed by atoms with Gasteiger partial charge in [-0.25, -0.2) is 8.78 Å². The van der Waals surface area contributed by atoms with Crippen LogP contribution in [0.15, 0.2) is 48.5 Å². The van der Waals surface area contributed by atoms with Gasteiger partial charge in [0.05, 0.1) is 12.3 Å². The van der Waals surface area contributed by atoms with Crippen LogP contribution in [-0.2, 0) is 31.1 Å². The summed E-state index contributed by atoms with van der Waals surface area (Å²) in [6.07, 6.45) is 0.306. The number of carbonyl (C=O) groups is 3. The van der Waals surface area contributed by atoms with Crippen molar-refractivity contribution in [2.45, 2.75) is 57.6 Å². The number of nitrogens with zero attached hydrogens (tertiary/aromatic N) is 1. The molecule has 2 unspecified atom stereocenters. The molecule has 2 aliphatic rings. The molecule has 7 heteroatoms. The molecule has 2 aliphatic carbocycles. The number of benzene rings is 2. The number of carbonyl (C=O) groups excluding carboxylic acids is 3. The highest BCUT2D eigenvalue weighted by molar-refractivity contribution is 6.01. The lowest BCUT2D eigenvalue weighted by atomic mass is 9.85. The zero-order valence-electron chi connectivity index (χ0n) is 20.5. The molecule has 0 aliphatic heterocycles. The lowest BCUT2D eigenvalue weighted by Gasteiger charge is -2.26. The maximum Gasteiger partial charge on any atom is 0.310 e. The van der Waals surface area contributed by atoms with Gasteiger partial charge in [0.1, 0.15) is 23.0 Å². The van der Waals surface area contributed by atoms with E-state index in [-0.39, 0.29) is 36.0 Å². The largest absolute Gasteiger partial charge is 0.460 e. The fraction of sp³-hybridized carbons (Fsp3) is 0.464. The highest BCUT2D eigenvalue weighted by Gasteiger charge is 2.70. The molecule has 0 bridgehead atoms. The first-order valence-electron chi connectivity index (χ1n) is 11.9. The van der Waals surface area contributed by atoms with Gasteiger partial charge < -0.3 is 9.64 Å². The molecule has 2 aromatic carbocycles. The number of rotatable bonds is 7. The van der Waals surface area contributed by atoms with Crippen LogP contribution in [0.1, 0.15) is 51.2 Å². The molecule has 0 N–H and O–H groups in total. The monoisotopic (exact) mass is 483 g/mol. The van der Waals surface area contributed by atoms with Crippen molar-refractivity contribution in [3.63, 3.8) is 0 Å². The minimum absolute atomic E-state index is 0.192. The maximum absolute atomic E-state index is 14.7. The summed E-state index contributed by atoms with van der Waals surface area (Å²) in [5, 5.41) is 0. The predicted octanol–water partition coefficient (Wildman–Crippen LogP) is 4.82. The number of ether oxygens (including phenoxy) is 1. The number of amides is 1. The molecule has 0 saturated heterocycles. The smallest absolute Gasteiger partial charge is 0.310 e. The Morgan fingerprint density at radius 3 is 2.40 bits per heavy atom. The topological polar surface area (TPSA) is 63.7 Å². The summed E-state index contributed by atoms with van der Waals surface area (Å²) in [7, 11) is 1.63. The molecule has 2 saturated carbocycles. The Bertz CT molecular complexity index is 1140. The molecule has 0 spiro atoms. The molecule has 1 amide bonds. The van der Waals surface area contributed by atoms with Crippen molar-refractivity contribution in [3.8, 4) is 0 Å². The second-order valence-corrected chi connectivity index (χ2v) is 10.8.